The Morgan fingerprint density at radius 2 is 2.08 bits per heavy atom. The summed E-state index contributed by atoms with van der Waals surface area (Å²) in [5.41, 5.74) is 0.874. The third-order valence-electron chi connectivity index (χ3n) is 5.16. The molecule has 140 valence electrons. The molecule has 2 aromatic heterocycles. The van der Waals surface area contributed by atoms with E-state index in [0.29, 0.717) is 29.9 Å². The maximum absolute atomic E-state index is 5.57. The second-order valence-corrected chi connectivity index (χ2v) is 6.99. The molecule has 0 N–H and O–H groups in total. The molecule has 0 aromatic carbocycles. The lowest BCUT2D eigenvalue weighted by Gasteiger charge is -2.37. The van der Waals surface area contributed by atoms with E-state index >= 15 is 0 Å². The summed E-state index contributed by atoms with van der Waals surface area (Å²) in [4.78, 5) is 13.8. The minimum Gasteiger partial charge on any atom is -0.493 e. The first-order valence-corrected chi connectivity index (χ1v) is 9.01. The number of likely N-dealkylation sites (N-methyl/N-ethyl adjacent to an activating group) is 1. The van der Waals surface area contributed by atoms with E-state index in [-0.39, 0.29) is 6.04 Å². The second-order valence-electron chi connectivity index (χ2n) is 6.99. The van der Waals surface area contributed by atoms with Crippen LogP contribution in [0.4, 0.5) is 0 Å². The van der Waals surface area contributed by atoms with Crippen LogP contribution < -0.4 is 9.47 Å². The molecule has 0 amide bonds. The minimum absolute atomic E-state index is 0.0975. The van der Waals surface area contributed by atoms with E-state index in [9.17, 15) is 0 Å². The molecule has 0 unspecified atom stereocenters. The van der Waals surface area contributed by atoms with Crippen LogP contribution in [-0.2, 0) is 6.54 Å². The van der Waals surface area contributed by atoms with Crippen LogP contribution in [0.3, 0.4) is 0 Å². The van der Waals surface area contributed by atoms with Crippen molar-refractivity contribution in [2.45, 2.75) is 31.3 Å². The van der Waals surface area contributed by atoms with Gasteiger partial charge in [-0.15, -0.1) is 0 Å². The second kappa shape index (κ2) is 7.20. The topological polar surface area (TPSA) is 76.8 Å². The number of ether oxygens (including phenoxy) is 2. The van der Waals surface area contributed by atoms with E-state index in [2.05, 4.69) is 32.0 Å². The van der Waals surface area contributed by atoms with Gasteiger partial charge in [0.25, 0.3) is 0 Å². The molecular formula is C18H25N5O3. The van der Waals surface area contributed by atoms with Crippen molar-refractivity contribution in [2.24, 2.45) is 0 Å². The van der Waals surface area contributed by atoms with Crippen LogP contribution in [0.2, 0.25) is 0 Å². The number of hydrogen-bond donors (Lipinski definition) is 0. The summed E-state index contributed by atoms with van der Waals surface area (Å²) in [6.45, 7) is 3.37. The smallest absolute Gasteiger partial charge is 0.245 e. The zero-order valence-corrected chi connectivity index (χ0v) is 15.5. The molecule has 1 saturated heterocycles. The highest BCUT2D eigenvalue weighted by molar-refractivity contribution is 5.42. The molecule has 2 aromatic rings. The van der Waals surface area contributed by atoms with Crippen molar-refractivity contribution in [1.82, 2.24) is 24.9 Å². The first kappa shape index (κ1) is 17.2. The lowest BCUT2D eigenvalue weighted by atomic mass is 10.1. The van der Waals surface area contributed by atoms with Gasteiger partial charge < -0.3 is 14.0 Å². The Labute approximate surface area is 153 Å². The summed E-state index contributed by atoms with van der Waals surface area (Å²) >= 11 is 0. The number of piperazine rings is 1. The highest BCUT2D eigenvalue weighted by Crippen LogP contribution is 2.39. The van der Waals surface area contributed by atoms with E-state index in [0.717, 1.165) is 31.2 Å². The Bertz CT molecular complexity index is 761. The van der Waals surface area contributed by atoms with Gasteiger partial charge in [0.05, 0.1) is 14.2 Å². The Balaban J connectivity index is 1.49. The Hall–Kier alpha value is -2.19. The van der Waals surface area contributed by atoms with Gasteiger partial charge in [0.2, 0.25) is 5.89 Å². The molecular weight excluding hydrogens is 334 g/mol. The Kier molecular flexibility index (Phi) is 4.78. The molecule has 2 fully saturated rings. The lowest BCUT2D eigenvalue weighted by Crippen LogP contribution is -2.46. The average Bonchev–Trinajstić information content (AvgIpc) is 3.40. The number of nitrogens with zero attached hydrogens (tertiary/aromatic N) is 5. The largest absolute Gasteiger partial charge is 0.493 e. The molecule has 2 aliphatic rings. The third kappa shape index (κ3) is 3.39. The first-order valence-electron chi connectivity index (χ1n) is 9.01. The van der Waals surface area contributed by atoms with E-state index < -0.39 is 0 Å². The van der Waals surface area contributed by atoms with Crippen LogP contribution in [0.15, 0.2) is 16.8 Å². The molecule has 8 nitrogen and oxygen atoms in total. The predicted molar refractivity (Wildman–Crippen MR) is 94.3 cm³/mol. The quantitative estimate of drug-likeness (QED) is 0.773. The van der Waals surface area contributed by atoms with Crippen molar-refractivity contribution in [3.05, 3.63) is 29.7 Å². The van der Waals surface area contributed by atoms with Gasteiger partial charge in [0.1, 0.15) is 11.7 Å². The average molecular weight is 359 g/mol. The molecule has 1 aliphatic heterocycles. The number of rotatable bonds is 6. The maximum atomic E-state index is 5.57. The van der Waals surface area contributed by atoms with Crippen LogP contribution in [0.25, 0.3) is 0 Å². The Morgan fingerprint density at radius 3 is 2.81 bits per heavy atom. The molecule has 1 atom stereocenters. The molecule has 0 radical (unpaired) electrons. The minimum atomic E-state index is 0.0975. The van der Waals surface area contributed by atoms with Gasteiger partial charge in [-0.25, -0.2) is 0 Å². The summed E-state index contributed by atoms with van der Waals surface area (Å²) in [7, 11) is 5.39. The predicted octanol–water partition coefficient (Wildman–Crippen LogP) is 1.85. The fraction of sp³-hybridized carbons (Fsp3) is 0.611. The van der Waals surface area contributed by atoms with Crippen molar-refractivity contribution in [3.63, 3.8) is 0 Å². The summed E-state index contributed by atoms with van der Waals surface area (Å²) in [6.07, 6.45) is 4.10. The van der Waals surface area contributed by atoms with Crippen LogP contribution in [0.1, 0.15) is 42.2 Å². The molecule has 8 heteroatoms. The van der Waals surface area contributed by atoms with Crippen molar-refractivity contribution < 1.29 is 14.0 Å². The van der Waals surface area contributed by atoms with Gasteiger partial charge in [-0.05, 0) is 19.9 Å². The summed E-state index contributed by atoms with van der Waals surface area (Å²) < 4.78 is 16.5. The van der Waals surface area contributed by atoms with Crippen LogP contribution >= 0.6 is 0 Å². The maximum Gasteiger partial charge on any atom is 0.245 e. The molecule has 0 spiro atoms. The van der Waals surface area contributed by atoms with E-state index in [4.69, 9.17) is 14.0 Å². The SMILES string of the molecule is COc1ccnc(CN2CCN(C)[C@H](c3nc(C4CC4)no3)C2)c1OC. The van der Waals surface area contributed by atoms with Crippen molar-refractivity contribution in [2.75, 3.05) is 40.9 Å². The molecule has 4 rings (SSSR count). The monoisotopic (exact) mass is 359 g/mol. The number of aromatic nitrogens is 3. The Morgan fingerprint density at radius 1 is 1.23 bits per heavy atom. The van der Waals surface area contributed by atoms with Gasteiger partial charge in [-0.3, -0.25) is 14.8 Å². The zero-order chi connectivity index (χ0) is 18.1. The van der Waals surface area contributed by atoms with Crippen molar-refractivity contribution in [3.8, 4) is 11.5 Å². The van der Waals surface area contributed by atoms with Gasteiger partial charge in [-0.2, -0.15) is 4.98 Å². The summed E-state index contributed by atoms with van der Waals surface area (Å²) in [5.74, 6) is 3.47. The van der Waals surface area contributed by atoms with E-state index in [1.54, 1.807) is 20.4 Å². The zero-order valence-electron chi connectivity index (χ0n) is 15.5. The third-order valence-corrected chi connectivity index (χ3v) is 5.16. The standard InChI is InChI=1S/C18H25N5O3/c1-22-8-9-23(10-13-16(25-3)15(24-2)6-7-19-13)11-14(22)18-20-17(21-26-18)12-4-5-12/h6-7,12,14H,4-5,8-11H2,1-3H3/t14-/m0/s1. The highest BCUT2D eigenvalue weighted by Gasteiger charge is 2.34. The van der Waals surface area contributed by atoms with Crippen LogP contribution in [0.5, 0.6) is 11.5 Å². The number of methoxy groups -OCH3 is 2. The van der Waals surface area contributed by atoms with Gasteiger partial charge in [-0.1, -0.05) is 5.16 Å². The lowest BCUT2D eigenvalue weighted by molar-refractivity contribution is 0.0701. The number of hydrogen-bond acceptors (Lipinski definition) is 8. The molecule has 1 aliphatic carbocycles. The number of pyridine rings is 1. The molecule has 1 saturated carbocycles. The summed E-state index contributed by atoms with van der Waals surface area (Å²) in [6, 6.07) is 1.91. The fourth-order valence-electron chi connectivity index (χ4n) is 3.41. The fourth-order valence-corrected chi connectivity index (χ4v) is 3.41. The van der Waals surface area contributed by atoms with Crippen molar-refractivity contribution in [1.29, 1.82) is 0 Å². The van der Waals surface area contributed by atoms with Gasteiger partial charge >= 0.3 is 0 Å². The first-order chi connectivity index (χ1) is 12.7. The van der Waals surface area contributed by atoms with E-state index in [1.807, 2.05) is 6.07 Å². The summed E-state index contributed by atoms with van der Waals surface area (Å²) in [5, 5.41) is 4.17. The molecule has 3 heterocycles. The van der Waals surface area contributed by atoms with Crippen LogP contribution in [0, 0.1) is 0 Å². The van der Waals surface area contributed by atoms with E-state index in [1.165, 1.54) is 12.8 Å². The molecule has 26 heavy (non-hydrogen) atoms. The van der Waals surface area contributed by atoms with Crippen molar-refractivity contribution >= 4 is 0 Å². The normalized spacial score (nSPS) is 21.7. The van der Waals surface area contributed by atoms with Gasteiger partial charge in [0.15, 0.2) is 17.3 Å². The van der Waals surface area contributed by atoms with Gasteiger partial charge in [0, 0.05) is 44.4 Å². The van der Waals surface area contributed by atoms with Crippen LogP contribution in [-0.4, -0.2) is 65.8 Å². The molecule has 0 bridgehead atoms. The highest BCUT2D eigenvalue weighted by atomic mass is 16.5.